The van der Waals surface area contributed by atoms with Gasteiger partial charge >= 0.3 is 6.03 Å². The lowest BCUT2D eigenvalue weighted by Crippen LogP contribution is -2.39. The molecule has 0 aliphatic carbocycles. The average molecular weight is 355 g/mol. The van der Waals surface area contributed by atoms with Crippen molar-refractivity contribution in [2.45, 2.75) is 46.3 Å². The second-order valence-electron chi connectivity index (χ2n) is 6.56. The smallest absolute Gasteiger partial charge is 0.318 e. The first kappa shape index (κ1) is 17.9. The Morgan fingerprint density at radius 3 is 2.96 bits per heavy atom. The summed E-state index contributed by atoms with van der Waals surface area (Å²) in [5.41, 5.74) is 3.04. The minimum atomic E-state index is -0.225. The van der Waals surface area contributed by atoms with Crippen molar-refractivity contribution in [2.24, 2.45) is 0 Å². The van der Waals surface area contributed by atoms with Crippen LogP contribution in [0.5, 0.6) is 0 Å². The Kier molecular flexibility index (Phi) is 5.20. The number of carbonyl (C=O) groups is 1. The third kappa shape index (κ3) is 3.68. The number of rotatable bonds is 6. The number of hydrogen-bond donors (Lipinski definition) is 2. The van der Waals surface area contributed by atoms with Crippen LogP contribution in [0, 0.1) is 6.92 Å². The van der Waals surface area contributed by atoms with Gasteiger partial charge in [-0.3, -0.25) is 0 Å². The molecule has 3 aromatic rings. The van der Waals surface area contributed by atoms with Gasteiger partial charge in [-0.05, 0) is 31.9 Å². The van der Waals surface area contributed by atoms with Gasteiger partial charge in [0.05, 0.1) is 23.6 Å². The van der Waals surface area contributed by atoms with Crippen molar-refractivity contribution in [1.29, 1.82) is 0 Å². The monoisotopic (exact) mass is 355 g/mol. The van der Waals surface area contributed by atoms with E-state index in [1.807, 2.05) is 36.6 Å². The van der Waals surface area contributed by atoms with E-state index in [4.69, 9.17) is 0 Å². The number of nitrogens with zero attached hydrogens (tertiary/aromatic N) is 5. The second kappa shape index (κ2) is 7.55. The Morgan fingerprint density at radius 2 is 2.23 bits per heavy atom. The molecule has 0 aliphatic rings. The summed E-state index contributed by atoms with van der Waals surface area (Å²) in [5.74, 6) is 1.52. The van der Waals surface area contributed by atoms with Crippen LogP contribution in [0.1, 0.15) is 43.5 Å². The maximum Gasteiger partial charge on any atom is 0.318 e. The SMILES string of the molecule is CCCn1cnnc1C(C)NC(=O)N(C)Cc1nc2c(C)cccc2[nH]1. The number of aromatic nitrogens is 5. The number of benzene rings is 1. The zero-order valence-corrected chi connectivity index (χ0v) is 15.7. The Bertz CT molecular complexity index is 898. The highest BCUT2D eigenvalue weighted by Gasteiger charge is 2.18. The molecule has 138 valence electrons. The van der Waals surface area contributed by atoms with Crippen LogP contribution in [-0.4, -0.2) is 42.7 Å². The van der Waals surface area contributed by atoms with Crippen LogP contribution in [0.2, 0.25) is 0 Å². The third-order valence-corrected chi connectivity index (χ3v) is 4.33. The lowest BCUT2D eigenvalue weighted by atomic mass is 10.2. The lowest BCUT2D eigenvalue weighted by Gasteiger charge is -2.20. The van der Waals surface area contributed by atoms with Crippen molar-refractivity contribution >= 4 is 17.1 Å². The highest BCUT2D eigenvalue weighted by Crippen LogP contribution is 2.16. The number of H-pyrrole nitrogens is 1. The summed E-state index contributed by atoms with van der Waals surface area (Å²) in [6.07, 6.45) is 2.68. The molecule has 0 saturated heterocycles. The average Bonchev–Trinajstić information content (AvgIpc) is 3.22. The number of imidazole rings is 1. The van der Waals surface area contributed by atoms with E-state index in [-0.39, 0.29) is 12.1 Å². The van der Waals surface area contributed by atoms with Crippen molar-refractivity contribution in [3.63, 3.8) is 0 Å². The normalized spacial score (nSPS) is 12.3. The van der Waals surface area contributed by atoms with E-state index < -0.39 is 0 Å². The van der Waals surface area contributed by atoms with Crippen LogP contribution < -0.4 is 5.32 Å². The summed E-state index contributed by atoms with van der Waals surface area (Å²) in [5, 5.41) is 11.0. The molecule has 2 heterocycles. The van der Waals surface area contributed by atoms with Crippen LogP contribution in [0.15, 0.2) is 24.5 Å². The molecule has 0 radical (unpaired) electrons. The number of aryl methyl sites for hydroxylation is 2. The molecule has 1 atom stereocenters. The van der Waals surface area contributed by atoms with Crippen LogP contribution in [0.3, 0.4) is 0 Å². The number of aromatic amines is 1. The molecule has 2 amide bonds. The Hall–Kier alpha value is -2.90. The summed E-state index contributed by atoms with van der Waals surface area (Å²) < 4.78 is 1.97. The molecule has 0 saturated carbocycles. The standard InChI is InChI=1S/C18H25N7O/c1-5-9-25-11-19-23-17(25)13(3)20-18(26)24(4)10-15-21-14-8-6-7-12(2)16(14)22-15/h6-8,11,13H,5,9-10H2,1-4H3,(H,20,26)(H,21,22). The molecule has 0 fully saturated rings. The van der Waals surface area contributed by atoms with E-state index in [0.717, 1.165) is 41.2 Å². The highest BCUT2D eigenvalue weighted by atomic mass is 16.2. The van der Waals surface area contributed by atoms with E-state index in [1.165, 1.54) is 0 Å². The van der Waals surface area contributed by atoms with E-state index in [1.54, 1.807) is 18.3 Å². The number of para-hydroxylation sites is 1. The first-order chi connectivity index (χ1) is 12.5. The number of hydrogen-bond acceptors (Lipinski definition) is 4. The summed E-state index contributed by atoms with van der Waals surface area (Å²) in [4.78, 5) is 22.0. The van der Waals surface area contributed by atoms with Gasteiger partial charge in [-0.2, -0.15) is 0 Å². The van der Waals surface area contributed by atoms with Crippen molar-refractivity contribution in [3.05, 3.63) is 41.7 Å². The number of carbonyl (C=O) groups excluding carboxylic acids is 1. The summed E-state index contributed by atoms with van der Waals surface area (Å²) in [6.45, 7) is 7.25. The predicted octanol–water partition coefficient (Wildman–Crippen LogP) is 2.78. The zero-order valence-electron chi connectivity index (χ0n) is 15.7. The molecule has 1 unspecified atom stereocenters. The van der Waals surface area contributed by atoms with Crippen LogP contribution in [-0.2, 0) is 13.1 Å². The first-order valence-corrected chi connectivity index (χ1v) is 8.83. The number of amides is 2. The molecular formula is C18H25N7O. The van der Waals surface area contributed by atoms with Crippen LogP contribution in [0.4, 0.5) is 4.79 Å². The van der Waals surface area contributed by atoms with Crippen molar-refractivity contribution in [1.82, 2.24) is 34.9 Å². The maximum atomic E-state index is 12.5. The summed E-state index contributed by atoms with van der Waals surface area (Å²) >= 11 is 0. The maximum absolute atomic E-state index is 12.5. The number of nitrogens with one attached hydrogen (secondary N) is 2. The van der Waals surface area contributed by atoms with E-state index in [9.17, 15) is 4.79 Å². The van der Waals surface area contributed by atoms with E-state index in [2.05, 4.69) is 32.4 Å². The van der Waals surface area contributed by atoms with Gasteiger partial charge in [0.15, 0.2) is 5.82 Å². The molecule has 8 heteroatoms. The van der Waals surface area contributed by atoms with Gasteiger partial charge in [0.2, 0.25) is 0 Å². The minimum Gasteiger partial charge on any atom is -0.340 e. The molecule has 1 aromatic carbocycles. The van der Waals surface area contributed by atoms with Gasteiger partial charge in [0, 0.05) is 13.6 Å². The Balaban J connectivity index is 1.65. The quantitative estimate of drug-likeness (QED) is 0.711. The molecule has 2 N–H and O–H groups in total. The summed E-state index contributed by atoms with van der Waals surface area (Å²) in [7, 11) is 1.75. The van der Waals surface area contributed by atoms with Gasteiger partial charge < -0.3 is 19.8 Å². The lowest BCUT2D eigenvalue weighted by molar-refractivity contribution is 0.202. The minimum absolute atomic E-state index is 0.180. The van der Waals surface area contributed by atoms with Gasteiger partial charge in [-0.25, -0.2) is 9.78 Å². The fraction of sp³-hybridized carbons (Fsp3) is 0.444. The molecule has 3 rings (SSSR count). The third-order valence-electron chi connectivity index (χ3n) is 4.33. The fourth-order valence-electron chi connectivity index (χ4n) is 2.97. The zero-order chi connectivity index (χ0) is 18.7. The van der Waals surface area contributed by atoms with E-state index in [0.29, 0.717) is 6.54 Å². The number of fused-ring (bicyclic) bond motifs is 1. The molecule has 2 aromatic heterocycles. The largest absolute Gasteiger partial charge is 0.340 e. The fourth-order valence-corrected chi connectivity index (χ4v) is 2.97. The summed E-state index contributed by atoms with van der Waals surface area (Å²) in [6, 6.07) is 5.60. The van der Waals surface area contributed by atoms with Gasteiger partial charge in [0.25, 0.3) is 0 Å². The topological polar surface area (TPSA) is 91.7 Å². The van der Waals surface area contributed by atoms with Crippen LogP contribution >= 0.6 is 0 Å². The van der Waals surface area contributed by atoms with Crippen molar-refractivity contribution in [2.75, 3.05) is 7.05 Å². The molecule has 0 aliphatic heterocycles. The second-order valence-corrected chi connectivity index (χ2v) is 6.56. The number of urea groups is 1. The van der Waals surface area contributed by atoms with Crippen LogP contribution in [0.25, 0.3) is 11.0 Å². The van der Waals surface area contributed by atoms with Crippen molar-refractivity contribution < 1.29 is 4.79 Å². The molecule has 0 spiro atoms. The molecule has 0 bridgehead atoms. The Morgan fingerprint density at radius 1 is 1.42 bits per heavy atom. The first-order valence-electron chi connectivity index (χ1n) is 8.83. The van der Waals surface area contributed by atoms with Crippen molar-refractivity contribution in [3.8, 4) is 0 Å². The predicted molar refractivity (Wildman–Crippen MR) is 99.6 cm³/mol. The van der Waals surface area contributed by atoms with Gasteiger partial charge in [-0.15, -0.1) is 10.2 Å². The molecule has 26 heavy (non-hydrogen) atoms. The van der Waals surface area contributed by atoms with E-state index >= 15 is 0 Å². The molecular weight excluding hydrogens is 330 g/mol. The van der Waals surface area contributed by atoms with Gasteiger partial charge in [0.1, 0.15) is 12.2 Å². The molecule has 8 nitrogen and oxygen atoms in total. The van der Waals surface area contributed by atoms with Gasteiger partial charge in [-0.1, -0.05) is 19.1 Å². The Labute approximate surface area is 152 Å². The highest BCUT2D eigenvalue weighted by molar-refractivity contribution is 5.79.